The molecule has 0 aromatic carbocycles. The van der Waals surface area contributed by atoms with Gasteiger partial charge in [-0.15, -0.1) is 0 Å². The number of aliphatic carboxylic acids is 2. The number of carboxylic acids is 2. The Morgan fingerprint density at radius 2 is 0.816 bits per heavy atom. The number of rotatable bonds is 32. The molecule has 0 heterocycles. The molecule has 5 N–H and O–H groups in total. The Morgan fingerprint density at radius 1 is 0.490 bits per heavy atom. The van der Waals surface area contributed by atoms with E-state index >= 15 is 0 Å². The van der Waals surface area contributed by atoms with Crippen LogP contribution < -0.4 is 10.2 Å². The molecule has 0 radical (unpaired) electrons. The van der Waals surface area contributed by atoms with Crippen LogP contribution in [0.1, 0.15) is 181 Å². The molecule has 0 aliphatic rings. The number of hydrogen-bond donors (Lipinski definition) is 5. The van der Waals surface area contributed by atoms with Crippen molar-refractivity contribution >= 4 is 11.9 Å². The smallest absolute Gasteiger partial charge is 0.550 e. The zero-order chi connectivity index (χ0) is 36.5. The van der Waals surface area contributed by atoms with Crippen LogP contribution in [-0.2, 0) is 29.1 Å². The third-order valence-electron chi connectivity index (χ3n) is 7.86. The van der Waals surface area contributed by atoms with Crippen molar-refractivity contribution in [3.8, 4) is 0 Å². The van der Waals surface area contributed by atoms with E-state index in [0.29, 0.717) is 0 Å². The first-order chi connectivity index (χ1) is 23.1. The number of hydrogen-bond acceptors (Lipinski definition) is 9. The molecule has 0 fully saturated rings. The third kappa shape index (κ3) is 56.5. The molecule has 0 spiro atoms. The molecule has 0 amide bonds. The number of unbranched alkanes of at least 4 members (excludes halogenated alkanes) is 16. The van der Waals surface area contributed by atoms with Gasteiger partial charge in [0.05, 0.1) is 25.4 Å². The fourth-order valence-electron chi connectivity index (χ4n) is 4.77. The van der Waals surface area contributed by atoms with Gasteiger partial charge in [-0.1, -0.05) is 128 Å². The van der Waals surface area contributed by atoms with E-state index in [4.69, 9.17) is 15.3 Å². The van der Waals surface area contributed by atoms with Gasteiger partial charge in [-0.25, -0.2) is 0 Å². The Labute approximate surface area is 312 Å². The Hall–Kier alpha value is -1.16. The number of carbonyl (C=O) groups excluding carboxylic acids is 2. The molecule has 2 unspecified atom stereocenters. The van der Waals surface area contributed by atoms with Crippen molar-refractivity contribution in [1.29, 1.82) is 0 Å². The summed E-state index contributed by atoms with van der Waals surface area (Å²) in [7, 11) is 0. The van der Waals surface area contributed by atoms with Crippen LogP contribution in [0.2, 0.25) is 0 Å². The Morgan fingerprint density at radius 3 is 1.12 bits per heavy atom. The summed E-state index contributed by atoms with van der Waals surface area (Å²) >= 11 is 0. The van der Waals surface area contributed by atoms with Gasteiger partial charge in [-0.05, 0) is 77.0 Å². The largest absolute Gasteiger partial charge is 2.00 e. The van der Waals surface area contributed by atoms with E-state index in [2.05, 4.69) is 38.2 Å². The first kappa shape index (κ1) is 54.6. The molecule has 0 rings (SSSR count). The average molecular weight is 752 g/mol. The quantitative estimate of drug-likeness (QED) is 0.0322. The fourth-order valence-corrected chi connectivity index (χ4v) is 4.77. The molecule has 9 nitrogen and oxygen atoms in total. The van der Waals surface area contributed by atoms with Crippen LogP contribution in [0.5, 0.6) is 0 Å². The summed E-state index contributed by atoms with van der Waals surface area (Å²) in [6.45, 7) is 3.66. The van der Waals surface area contributed by atoms with Crippen molar-refractivity contribution in [3.63, 3.8) is 0 Å². The molecule has 0 aliphatic heterocycles. The van der Waals surface area contributed by atoms with E-state index in [-0.39, 0.29) is 57.7 Å². The SMILES string of the molecule is CCCCCCC(O)C/C=C\CCCCCCCC(=O)[O-].CCCCCCC(O)C/C=C\CCCCCCCC(=O)[O-].OCC(O)CO.[Zn+2]. The van der Waals surface area contributed by atoms with Gasteiger partial charge >= 0.3 is 19.5 Å². The Balaban J connectivity index is -0.000000348. The number of carboxylic acid groups (broad SMARTS) is 2. The van der Waals surface area contributed by atoms with Crippen LogP contribution in [0.3, 0.4) is 0 Å². The molecule has 0 aromatic rings. The molecule has 2 atom stereocenters. The van der Waals surface area contributed by atoms with Crippen molar-refractivity contribution in [2.24, 2.45) is 0 Å². The predicted molar refractivity (Wildman–Crippen MR) is 192 cm³/mol. The van der Waals surface area contributed by atoms with Crippen LogP contribution in [0.15, 0.2) is 24.3 Å². The van der Waals surface area contributed by atoms with Crippen LogP contribution in [0.4, 0.5) is 0 Å². The Kier molecular flexibility index (Phi) is 52.2. The summed E-state index contributed by atoms with van der Waals surface area (Å²) in [5.41, 5.74) is 0. The van der Waals surface area contributed by atoms with Crippen molar-refractivity contribution < 1.29 is 64.8 Å². The average Bonchev–Trinajstić information content (AvgIpc) is 3.06. The first-order valence-corrected chi connectivity index (χ1v) is 19.1. The molecule has 286 valence electrons. The van der Waals surface area contributed by atoms with Crippen molar-refractivity contribution in [2.75, 3.05) is 13.2 Å². The minimum absolute atomic E-state index is 0. The van der Waals surface area contributed by atoms with Crippen LogP contribution in [-0.4, -0.2) is 69.0 Å². The summed E-state index contributed by atoms with van der Waals surface area (Å²) in [6, 6.07) is 0. The summed E-state index contributed by atoms with van der Waals surface area (Å²) in [5.74, 6) is -1.88. The van der Waals surface area contributed by atoms with Gasteiger partial charge < -0.3 is 45.3 Å². The van der Waals surface area contributed by atoms with Gasteiger partial charge in [0.1, 0.15) is 6.10 Å². The summed E-state index contributed by atoms with van der Waals surface area (Å²) in [5, 5.41) is 64.0. The fraction of sp³-hybridized carbons (Fsp3) is 0.846. The molecule has 0 saturated heterocycles. The summed E-state index contributed by atoms with van der Waals surface area (Å²) < 4.78 is 0. The van der Waals surface area contributed by atoms with E-state index < -0.39 is 18.0 Å². The minimum atomic E-state index is -0.954. The minimum Gasteiger partial charge on any atom is -0.550 e. The molecular weight excluding hydrogens is 678 g/mol. The molecule has 0 aliphatic carbocycles. The third-order valence-corrected chi connectivity index (χ3v) is 7.86. The Bertz CT molecular complexity index is 661. The molecule has 0 bridgehead atoms. The van der Waals surface area contributed by atoms with Gasteiger partial charge in [0.25, 0.3) is 0 Å². The van der Waals surface area contributed by atoms with Crippen molar-refractivity contribution in [1.82, 2.24) is 0 Å². The zero-order valence-electron chi connectivity index (χ0n) is 31.4. The normalized spacial score (nSPS) is 12.2. The van der Waals surface area contributed by atoms with Crippen LogP contribution in [0.25, 0.3) is 0 Å². The summed E-state index contributed by atoms with van der Waals surface area (Å²) in [4.78, 5) is 20.4. The number of allylic oxidation sites excluding steroid dienone is 2. The molecule has 49 heavy (non-hydrogen) atoms. The predicted octanol–water partition coefficient (Wildman–Crippen LogP) is 5.82. The van der Waals surface area contributed by atoms with E-state index in [1.807, 2.05) is 0 Å². The van der Waals surface area contributed by atoms with Crippen LogP contribution >= 0.6 is 0 Å². The number of carbonyl (C=O) groups is 2. The van der Waals surface area contributed by atoms with Gasteiger partial charge in [0.15, 0.2) is 0 Å². The monoisotopic (exact) mass is 750 g/mol. The number of aliphatic hydroxyl groups excluding tert-OH is 5. The van der Waals surface area contributed by atoms with E-state index in [1.165, 1.54) is 38.5 Å². The second-order valence-corrected chi connectivity index (χ2v) is 12.8. The topological polar surface area (TPSA) is 181 Å². The van der Waals surface area contributed by atoms with Gasteiger partial charge in [0.2, 0.25) is 0 Å². The van der Waals surface area contributed by atoms with Gasteiger partial charge in [-0.3, -0.25) is 0 Å². The van der Waals surface area contributed by atoms with E-state index in [0.717, 1.165) is 116 Å². The van der Waals surface area contributed by atoms with Crippen molar-refractivity contribution in [2.45, 2.75) is 199 Å². The first-order valence-electron chi connectivity index (χ1n) is 19.1. The molecular formula is C39H74O9Zn. The maximum Gasteiger partial charge on any atom is 2.00 e. The zero-order valence-corrected chi connectivity index (χ0v) is 34.4. The summed E-state index contributed by atoms with van der Waals surface area (Å²) in [6.07, 6.45) is 33.1. The maximum absolute atomic E-state index is 10.2. The van der Waals surface area contributed by atoms with Crippen molar-refractivity contribution in [3.05, 3.63) is 24.3 Å². The van der Waals surface area contributed by atoms with E-state index in [9.17, 15) is 30.0 Å². The van der Waals surface area contributed by atoms with Gasteiger partial charge in [-0.2, -0.15) is 0 Å². The molecule has 0 aromatic heterocycles. The molecule has 0 saturated carbocycles. The standard InChI is InChI=1S/2C18H34O3.C3H8O3.Zn/c2*1-2-3-4-11-14-17(19)15-12-9-7-5-6-8-10-13-16-18(20)21;4-1-3(6)2-5;/h2*9,12,17,19H,2-8,10-11,13-16H2,1H3,(H,20,21);3-6H,1-2H2;/q;;;+2/p-2/b2*12-9-;;. The van der Waals surface area contributed by atoms with Crippen LogP contribution in [0, 0.1) is 0 Å². The van der Waals surface area contributed by atoms with E-state index in [1.54, 1.807) is 0 Å². The molecule has 10 heteroatoms. The number of aliphatic hydroxyl groups is 5. The maximum atomic E-state index is 10.2. The second-order valence-electron chi connectivity index (χ2n) is 12.8. The van der Waals surface area contributed by atoms with Gasteiger partial charge in [0, 0.05) is 11.9 Å². The second kappa shape index (κ2) is 46.8.